The number of nitriles is 2. The summed E-state index contributed by atoms with van der Waals surface area (Å²) in [6.45, 7) is 0. The highest BCUT2D eigenvalue weighted by Gasteiger charge is 2.20. The first kappa shape index (κ1) is 21.4. The molecule has 2 N–H and O–H groups in total. The third-order valence-electron chi connectivity index (χ3n) is 4.72. The molecule has 0 radical (unpaired) electrons. The fourth-order valence-electron chi connectivity index (χ4n) is 3.18. The number of aromatic amines is 2. The number of pyridine rings is 1. The Morgan fingerprint density at radius 2 is 1.58 bits per heavy atom. The number of aromatic nitrogens is 5. The summed E-state index contributed by atoms with van der Waals surface area (Å²) in [5.74, 6) is 0.647. The van der Waals surface area contributed by atoms with E-state index < -0.39 is 10.5 Å². The molecular formula is C21H12N8O3S. The summed E-state index contributed by atoms with van der Waals surface area (Å²) in [5.41, 5.74) is 1.65. The number of benzene rings is 2. The normalized spacial score (nSPS) is 10.4. The molecule has 4 aromatic rings. The lowest BCUT2D eigenvalue weighted by atomic mass is 9.95. The van der Waals surface area contributed by atoms with E-state index in [0.717, 1.165) is 22.9 Å². The fourth-order valence-corrected chi connectivity index (χ4v) is 4.03. The van der Waals surface area contributed by atoms with Crippen molar-refractivity contribution < 1.29 is 4.92 Å². The average molecular weight is 456 g/mol. The van der Waals surface area contributed by atoms with Gasteiger partial charge in [-0.15, -0.1) is 10.2 Å². The largest absolute Gasteiger partial charge is 0.315 e. The van der Waals surface area contributed by atoms with Crippen LogP contribution in [0.4, 0.5) is 5.69 Å². The van der Waals surface area contributed by atoms with Gasteiger partial charge in [-0.3, -0.25) is 14.9 Å². The van der Waals surface area contributed by atoms with Crippen molar-refractivity contribution in [3.05, 3.63) is 86.0 Å². The highest BCUT2D eigenvalue weighted by atomic mass is 32.2. The van der Waals surface area contributed by atoms with Gasteiger partial charge >= 0.3 is 0 Å². The van der Waals surface area contributed by atoms with Crippen molar-refractivity contribution in [2.75, 3.05) is 0 Å². The zero-order valence-electron chi connectivity index (χ0n) is 16.6. The first-order chi connectivity index (χ1) is 16.0. The third-order valence-corrected chi connectivity index (χ3v) is 5.72. The first-order valence-corrected chi connectivity index (χ1v) is 10.3. The van der Waals surface area contributed by atoms with E-state index >= 15 is 0 Å². The van der Waals surface area contributed by atoms with Gasteiger partial charge in [-0.2, -0.15) is 15.7 Å². The predicted molar refractivity (Wildman–Crippen MR) is 118 cm³/mol. The van der Waals surface area contributed by atoms with Crippen LogP contribution in [0.5, 0.6) is 0 Å². The monoisotopic (exact) mass is 456 g/mol. The minimum atomic E-state index is -0.610. The minimum Gasteiger partial charge on any atom is -0.315 e. The number of nitro benzene ring substituents is 1. The maximum absolute atomic E-state index is 12.6. The number of nitrogens with zero attached hydrogens (tertiary/aromatic N) is 6. The number of rotatable bonds is 6. The summed E-state index contributed by atoms with van der Waals surface area (Å²) >= 11 is 1.15. The van der Waals surface area contributed by atoms with E-state index in [1.165, 1.54) is 12.1 Å². The minimum absolute atomic E-state index is 0.0120. The Morgan fingerprint density at radius 3 is 2.12 bits per heavy atom. The van der Waals surface area contributed by atoms with Crippen LogP contribution < -0.4 is 5.56 Å². The maximum atomic E-state index is 12.6. The Kier molecular flexibility index (Phi) is 5.93. The molecule has 0 aliphatic rings. The molecule has 2 aromatic heterocycles. The van der Waals surface area contributed by atoms with Gasteiger partial charge in [0, 0.05) is 17.7 Å². The molecule has 4 rings (SSSR count). The van der Waals surface area contributed by atoms with Crippen LogP contribution in [0, 0.1) is 32.8 Å². The maximum Gasteiger partial charge on any atom is 0.269 e. The number of nitro groups is 1. The van der Waals surface area contributed by atoms with Gasteiger partial charge in [0.05, 0.1) is 21.3 Å². The molecule has 2 heterocycles. The van der Waals surface area contributed by atoms with Crippen LogP contribution in [0.3, 0.4) is 0 Å². The van der Waals surface area contributed by atoms with Crippen molar-refractivity contribution in [1.29, 1.82) is 10.5 Å². The molecule has 0 aliphatic heterocycles. The molecule has 33 heavy (non-hydrogen) atoms. The standard InChI is InChI=1S/C21H12N8O3S/c22-9-16-19(17(10-23)21(24-20(16)30)33-11-18-25-27-28-26-18)14-3-1-12(2-4-14)13-5-7-15(8-6-13)29(31)32/h1-8H,11H2,(H,24,30)(H,25,26,27,28). The Bertz CT molecular complexity index is 1460. The van der Waals surface area contributed by atoms with Crippen LogP contribution in [0.25, 0.3) is 22.3 Å². The summed E-state index contributed by atoms with van der Waals surface area (Å²) in [6.07, 6.45) is 0. The molecule has 0 saturated heterocycles. The second kappa shape index (κ2) is 9.13. The van der Waals surface area contributed by atoms with Crippen LogP contribution in [0.15, 0.2) is 58.4 Å². The number of thioether (sulfide) groups is 1. The number of non-ortho nitro benzene ring substituents is 1. The molecule has 12 heteroatoms. The van der Waals surface area contributed by atoms with Crippen molar-refractivity contribution in [1.82, 2.24) is 25.6 Å². The van der Waals surface area contributed by atoms with E-state index in [9.17, 15) is 25.4 Å². The second-order valence-corrected chi connectivity index (χ2v) is 7.62. The number of hydrogen-bond acceptors (Lipinski definition) is 9. The Labute approximate surface area is 189 Å². The zero-order chi connectivity index (χ0) is 23.4. The molecule has 11 nitrogen and oxygen atoms in total. The first-order valence-electron chi connectivity index (χ1n) is 9.32. The van der Waals surface area contributed by atoms with E-state index in [2.05, 4.69) is 31.7 Å². The van der Waals surface area contributed by atoms with Gasteiger partial charge in [-0.05, 0) is 28.8 Å². The Hall–Kier alpha value is -4.81. The third kappa shape index (κ3) is 4.32. The molecule has 2 aromatic carbocycles. The van der Waals surface area contributed by atoms with Crippen LogP contribution in [-0.2, 0) is 5.75 Å². The van der Waals surface area contributed by atoms with Crippen molar-refractivity contribution in [3.8, 4) is 34.4 Å². The van der Waals surface area contributed by atoms with E-state index in [1.807, 2.05) is 6.07 Å². The lowest BCUT2D eigenvalue weighted by molar-refractivity contribution is -0.384. The van der Waals surface area contributed by atoms with E-state index in [0.29, 0.717) is 16.4 Å². The van der Waals surface area contributed by atoms with Crippen LogP contribution >= 0.6 is 11.8 Å². The number of hydrogen-bond donors (Lipinski definition) is 2. The summed E-state index contributed by atoms with van der Waals surface area (Å²) < 4.78 is 0. The van der Waals surface area contributed by atoms with Crippen molar-refractivity contribution in [2.45, 2.75) is 10.8 Å². The second-order valence-electron chi connectivity index (χ2n) is 6.63. The summed E-state index contributed by atoms with van der Waals surface area (Å²) in [4.78, 5) is 25.5. The quantitative estimate of drug-likeness (QED) is 0.250. The molecule has 160 valence electrons. The SMILES string of the molecule is N#Cc1c(SCc2nn[nH]n2)[nH]c(=O)c(C#N)c1-c1ccc(-c2ccc([N+](=O)[O-])cc2)cc1. The van der Waals surface area contributed by atoms with Crippen LogP contribution in [-0.4, -0.2) is 30.5 Å². The molecule has 0 aliphatic carbocycles. The Morgan fingerprint density at radius 1 is 0.970 bits per heavy atom. The van der Waals surface area contributed by atoms with Gasteiger partial charge < -0.3 is 4.98 Å². The van der Waals surface area contributed by atoms with Gasteiger partial charge in [0.15, 0.2) is 5.82 Å². The molecule has 0 bridgehead atoms. The van der Waals surface area contributed by atoms with Gasteiger partial charge in [0.25, 0.3) is 11.2 Å². The lowest BCUT2D eigenvalue weighted by Gasteiger charge is -2.11. The highest BCUT2D eigenvalue weighted by molar-refractivity contribution is 7.98. The molecule has 0 amide bonds. The van der Waals surface area contributed by atoms with Gasteiger partial charge in [-0.25, -0.2) is 0 Å². The summed E-state index contributed by atoms with van der Waals surface area (Å²) in [5, 5.41) is 44.0. The van der Waals surface area contributed by atoms with Crippen molar-refractivity contribution in [2.24, 2.45) is 0 Å². The van der Waals surface area contributed by atoms with E-state index in [4.69, 9.17) is 0 Å². The number of nitrogens with one attached hydrogen (secondary N) is 2. The molecule has 0 unspecified atom stereocenters. The highest BCUT2D eigenvalue weighted by Crippen LogP contribution is 2.33. The van der Waals surface area contributed by atoms with E-state index in [1.54, 1.807) is 36.4 Å². The topological polar surface area (TPSA) is 178 Å². The molecule has 0 fully saturated rings. The molecule has 0 spiro atoms. The Balaban J connectivity index is 1.74. The smallest absolute Gasteiger partial charge is 0.269 e. The van der Waals surface area contributed by atoms with Gasteiger partial charge in [-0.1, -0.05) is 41.2 Å². The van der Waals surface area contributed by atoms with Gasteiger partial charge in [0.1, 0.15) is 17.7 Å². The number of tetrazole rings is 1. The van der Waals surface area contributed by atoms with Crippen molar-refractivity contribution >= 4 is 17.4 Å². The predicted octanol–water partition coefficient (Wildman–Crippen LogP) is 3.17. The van der Waals surface area contributed by atoms with Crippen LogP contribution in [0.1, 0.15) is 17.0 Å². The molecular weight excluding hydrogens is 444 g/mol. The van der Waals surface area contributed by atoms with Crippen molar-refractivity contribution in [3.63, 3.8) is 0 Å². The van der Waals surface area contributed by atoms with Crippen LogP contribution in [0.2, 0.25) is 0 Å². The zero-order valence-corrected chi connectivity index (χ0v) is 17.5. The van der Waals surface area contributed by atoms with Gasteiger partial charge in [0.2, 0.25) is 0 Å². The molecule has 0 saturated carbocycles. The van der Waals surface area contributed by atoms with E-state index in [-0.39, 0.29) is 28.1 Å². The fraction of sp³-hybridized carbons (Fsp3) is 0.0476. The lowest BCUT2D eigenvalue weighted by Crippen LogP contribution is -2.15. The molecule has 0 atom stereocenters. The average Bonchev–Trinajstić information content (AvgIpc) is 3.36. The number of H-pyrrole nitrogens is 2. The summed E-state index contributed by atoms with van der Waals surface area (Å²) in [6, 6.07) is 17.0. The summed E-state index contributed by atoms with van der Waals surface area (Å²) in [7, 11) is 0.